The zero-order valence-corrected chi connectivity index (χ0v) is 5.78. The van der Waals surface area contributed by atoms with Gasteiger partial charge in [-0.15, -0.1) is 0 Å². The fraction of sp³-hybridized carbons (Fsp3) is 0.500. The molecule has 0 aromatic heterocycles. The topological polar surface area (TPSA) is 61.2 Å². The summed E-state index contributed by atoms with van der Waals surface area (Å²) in [5.41, 5.74) is 0. The number of carbonyl (C=O) groups is 2. The van der Waals surface area contributed by atoms with Crippen LogP contribution in [0.2, 0.25) is 0 Å². The Hall–Kier alpha value is -1.31. The predicted octanol–water partition coefficient (Wildman–Crippen LogP) is -0.701. The van der Waals surface area contributed by atoms with Crippen molar-refractivity contribution in [1.82, 2.24) is 4.90 Å². The number of amides is 1. The molecule has 1 aliphatic heterocycles. The van der Waals surface area contributed by atoms with Gasteiger partial charge < -0.3 is 4.90 Å². The fourth-order valence-electron chi connectivity index (χ4n) is 0.966. The molecule has 1 unspecified atom stereocenters. The van der Waals surface area contributed by atoms with Crippen molar-refractivity contribution < 1.29 is 9.59 Å². The highest BCUT2D eigenvalue weighted by Crippen LogP contribution is 2.10. The summed E-state index contributed by atoms with van der Waals surface area (Å²) >= 11 is 0. The van der Waals surface area contributed by atoms with E-state index in [0.717, 1.165) is 4.90 Å². The Kier molecular flexibility index (Phi) is 1.95. The van der Waals surface area contributed by atoms with E-state index >= 15 is 0 Å². The standard InChI is InChI=1S/C6H5BN2O2/c7-6(11)9-2-4(1-8)5(10)3-9/h4H,2-3H2. The van der Waals surface area contributed by atoms with Crippen molar-refractivity contribution in [1.29, 1.82) is 5.26 Å². The van der Waals surface area contributed by atoms with Crippen molar-refractivity contribution in [2.45, 2.75) is 0 Å². The van der Waals surface area contributed by atoms with Crippen LogP contribution in [0.15, 0.2) is 0 Å². The van der Waals surface area contributed by atoms with Gasteiger partial charge in [0.1, 0.15) is 5.92 Å². The molecule has 0 saturated carbocycles. The molecule has 0 bridgehead atoms. The van der Waals surface area contributed by atoms with E-state index in [2.05, 4.69) is 0 Å². The van der Waals surface area contributed by atoms with Crippen LogP contribution in [0, 0.1) is 17.2 Å². The molecule has 0 N–H and O–H groups in total. The van der Waals surface area contributed by atoms with Crippen molar-refractivity contribution in [2.75, 3.05) is 13.1 Å². The van der Waals surface area contributed by atoms with E-state index in [0.29, 0.717) is 0 Å². The summed E-state index contributed by atoms with van der Waals surface area (Å²) in [6.07, 6.45) is 0. The number of nitrogens with zero attached hydrogens (tertiary/aromatic N) is 2. The molecule has 0 spiro atoms. The maximum absolute atomic E-state index is 10.8. The molecule has 2 radical (unpaired) electrons. The first kappa shape index (κ1) is 7.80. The van der Waals surface area contributed by atoms with Gasteiger partial charge in [0.15, 0.2) is 11.6 Å². The van der Waals surface area contributed by atoms with Gasteiger partial charge >= 0.3 is 0 Å². The zero-order valence-electron chi connectivity index (χ0n) is 5.78. The van der Waals surface area contributed by atoms with Crippen LogP contribution in [0.3, 0.4) is 0 Å². The Balaban J connectivity index is 2.65. The summed E-state index contributed by atoms with van der Waals surface area (Å²) in [7, 11) is 4.90. The highest BCUT2D eigenvalue weighted by molar-refractivity contribution is 6.57. The number of rotatable bonds is 0. The van der Waals surface area contributed by atoms with Gasteiger partial charge in [0.25, 0.3) is 0 Å². The molecule has 11 heavy (non-hydrogen) atoms. The van der Waals surface area contributed by atoms with Crippen molar-refractivity contribution in [2.24, 2.45) is 5.92 Å². The number of nitriles is 1. The lowest BCUT2D eigenvalue weighted by molar-refractivity contribution is -0.118. The van der Waals surface area contributed by atoms with E-state index in [-0.39, 0.29) is 18.9 Å². The molecule has 4 nitrogen and oxygen atoms in total. The smallest absolute Gasteiger partial charge is 0.200 e. The zero-order chi connectivity index (χ0) is 8.43. The van der Waals surface area contributed by atoms with Crippen molar-refractivity contribution in [3.8, 4) is 6.07 Å². The average molecular weight is 148 g/mol. The molecule has 0 aromatic rings. The number of hydrogen-bond donors (Lipinski definition) is 0. The van der Waals surface area contributed by atoms with E-state index in [1.54, 1.807) is 6.07 Å². The fourth-order valence-corrected chi connectivity index (χ4v) is 0.966. The molecule has 54 valence electrons. The normalized spacial score (nSPS) is 23.4. The summed E-state index contributed by atoms with van der Waals surface area (Å²) in [5.74, 6) is -1.55. The highest BCUT2D eigenvalue weighted by atomic mass is 16.2. The maximum atomic E-state index is 10.8. The summed E-state index contributed by atoms with van der Waals surface area (Å²) in [6.45, 7) is 0.123. The van der Waals surface area contributed by atoms with Crippen LogP contribution in [0.4, 0.5) is 4.79 Å². The van der Waals surface area contributed by atoms with Crippen LogP contribution in [0.25, 0.3) is 0 Å². The maximum Gasteiger partial charge on any atom is 0.200 e. The van der Waals surface area contributed by atoms with Gasteiger partial charge in [-0.25, -0.2) is 0 Å². The quantitative estimate of drug-likeness (QED) is 0.426. The van der Waals surface area contributed by atoms with Crippen molar-refractivity contribution in [3.63, 3.8) is 0 Å². The Morgan fingerprint density at radius 2 is 2.45 bits per heavy atom. The molecular weight excluding hydrogens is 143 g/mol. The SMILES string of the molecule is [B]C(=O)N1CC(=O)C(C#N)C1. The van der Waals surface area contributed by atoms with Gasteiger partial charge in [0, 0.05) is 6.54 Å². The van der Waals surface area contributed by atoms with Gasteiger partial charge in [0.05, 0.1) is 12.6 Å². The third-order valence-corrected chi connectivity index (χ3v) is 1.61. The van der Waals surface area contributed by atoms with Crippen molar-refractivity contribution in [3.05, 3.63) is 0 Å². The first-order valence-corrected chi connectivity index (χ1v) is 3.12. The average Bonchev–Trinajstić information content (AvgIpc) is 2.31. The lowest BCUT2D eigenvalue weighted by atomic mass is 10.1. The molecular formula is C6H5BN2O2. The lowest BCUT2D eigenvalue weighted by Crippen LogP contribution is -2.27. The predicted molar refractivity (Wildman–Crippen MR) is 36.8 cm³/mol. The number of hydrogen-bond acceptors (Lipinski definition) is 3. The number of Topliss-reactive ketones (excluding diaryl/α,β-unsaturated/α-hetero) is 1. The van der Waals surface area contributed by atoms with Crippen LogP contribution in [-0.4, -0.2) is 37.4 Å². The second kappa shape index (κ2) is 2.75. The monoisotopic (exact) mass is 148 g/mol. The number of ketones is 1. The van der Waals surface area contributed by atoms with Gasteiger partial charge in [-0.1, -0.05) is 0 Å². The van der Waals surface area contributed by atoms with E-state index in [1.165, 1.54) is 0 Å². The van der Waals surface area contributed by atoms with E-state index < -0.39 is 11.7 Å². The summed E-state index contributed by atoms with van der Waals surface area (Å²) in [4.78, 5) is 22.5. The molecule has 0 aromatic carbocycles. The third kappa shape index (κ3) is 1.40. The molecule has 1 aliphatic rings. The molecule has 5 heteroatoms. The Labute approximate surface area is 65.2 Å². The summed E-state index contributed by atoms with van der Waals surface area (Å²) in [6, 6.07) is 1.80. The van der Waals surface area contributed by atoms with E-state index in [9.17, 15) is 9.59 Å². The first-order valence-electron chi connectivity index (χ1n) is 3.12. The van der Waals surface area contributed by atoms with Crippen LogP contribution in [-0.2, 0) is 4.79 Å². The van der Waals surface area contributed by atoms with Gasteiger partial charge in [0.2, 0.25) is 7.85 Å². The molecule has 0 aliphatic carbocycles. The largest absolute Gasteiger partial charge is 0.343 e. The van der Waals surface area contributed by atoms with Gasteiger partial charge in [-0.2, -0.15) is 5.26 Å². The third-order valence-electron chi connectivity index (χ3n) is 1.61. The van der Waals surface area contributed by atoms with Crippen LogP contribution in [0.5, 0.6) is 0 Å². The Morgan fingerprint density at radius 3 is 2.73 bits per heavy atom. The second-order valence-electron chi connectivity index (χ2n) is 2.37. The molecule has 1 heterocycles. The van der Waals surface area contributed by atoms with Crippen molar-refractivity contribution >= 4 is 19.4 Å². The lowest BCUT2D eigenvalue weighted by Gasteiger charge is -2.10. The second-order valence-corrected chi connectivity index (χ2v) is 2.37. The van der Waals surface area contributed by atoms with E-state index in [1.807, 2.05) is 0 Å². The molecule has 1 fully saturated rings. The van der Waals surface area contributed by atoms with Gasteiger partial charge in [-0.05, 0) is 0 Å². The minimum absolute atomic E-state index is 0.0203. The van der Waals surface area contributed by atoms with Crippen LogP contribution in [0.1, 0.15) is 0 Å². The molecule has 1 amide bonds. The van der Waals surface area contributed by atoms with Crippen LogP contribution < -0.4 is 0 Å². The van der Waals surface area contributed by atoms with Gasteiger partial charge in [-0.3, -0.25) is 9.59 Å². The minimum atomic E-state index is -0.678. The number of likely N-dealkylation sites (tertiary alicyclic amines) is 1. The Morgan fingerprint density at radius 1 is 1.82 bits per heavy atom. The summed E-state index contributed by atoms with van der Waals surface area (Å²) in [5, 5.41) is 8.39. The van der Waals surface area contributed by atoms with E-state index in [4.69, 9.17) is 13.1 Å². The first-order chi connectivity index (χ1) is 5.15. The number of carbonyl (C=O) groups excluding carboxylic acids is 2. The molecule has 1 atom stereocenters. The molecule has 1 rings (SSSR count). The summed E-state index contributed by atoms with van der Waals surface area (Å²) < 4.78 is 0. The minimum Gasteiger partial charge on any atom is -0.343 e. The highest BCUT2D eigenvalue weighted by Gasteiger charge is 2.31. The molecule has 1 saturated heterocycles. The Bertz CT molecular complexity index is 245. The van der Waals surface area contributed by atoms with Crippen LogP contribution >= 0.6 is 0 Å².